The first-order valence-electron chi connectivity index (χ1n) is 10.2. The van der Waals surface area contributed by atoms with Crippen LogP contribution in [0.2, 0.25) is 0 Å². The Bertz CT molecular complexity index is 1160. The number of piperidine rings is 1. The summed E-state index contributed by atoms with van der Waals surface area (Å²) in [6.45, 7) is 1.69. The molecule has 0 spiro atoms. The molecule has 0 radical (unpaired) electrons. The smallest absolute Gasteiger partial charge is 0.273 e. The lowest BCUT2D eigenvalue weighted by atomic mass is 10.1. The van der Waals surface area contributed by atoms with E-state index in [4.69, 9.17) is 14.2 Å². The lowest BCUT2D eigenvalue weighted by molar-refractivity contribution is -0.116. The normalized spacial score (nSPS) is 13.8. The van der Waals surface area contributed by atoms with Crippen molar-refractivity contribution in [2.24, 2.45) is 0 Å². The van der Waals surface area contributed by atoms with E-state index >= 15 is 0 Å². The van der Waals surface area contributed by atoms with Crippen molar-refractivity contribution in [2.75, 3.05) is 44.6 Å². The highest BCUT2D eigenvalue weighted by Gasteiger charge is 2.19. The number of carbonyl (C=O) groups excluding carboxylic acids is 1. The number of thiazole rings is 1. The number of nitrogens with zero attached hydrogens (tertiary/aromatic N) is 4. The summed E-state index contributed by atoms with van der Waals surface area (Å²) in [6.07, 6.45) is 4.82. The summed E-state index contributed by atoms with van der Waals surface area (Å²) in [5, 5.41) is 3.57. The van der Waals surface area contributed by atoms with Crippen LogP contribution in [0.3, 0.4) is 0 Å². The maximum absolute atomic E-state index is 12.9. The van der Waals surface area contributed by atoms with Crippen LogP contribution in [-0.4, -0.2) is 54.9 Å². The van der Waals surface area contributed by atoms with E-state index < -0.39 is 0 Å². The largest absolute Gasteiger partial charge is 0.493 e. The Hall–Kier alpha value is -3.34. The highest BCUT2D eigenvalue weighted by molar-refractivity contribution is 7.22. The molecule has 1 aliphatic heterocycles. The predicted molar refractivity (Wildman–Crippen MR) is 122 cm³/mol. The average molecular weight is 460 g/mol. The molecule has 1 aliphatic rings. The van der Waals surface area contributed by atoms with E-state index in [1.165, 1.54) is 50.0 Å². The number of anilines is 2. The van der Waals surface area contributed by atoms with Crippen LogP contribution in [0.25, 0.3) is 10.3 Å². The molecule has 2 aromatic heterocycles. The van der Waals surface area contributed by atoms with E-state index in [2.05, 4.69) is 20.2 Å². The number of ether oxygens (including phenoxy) is 3. The zero-order valence-corrected chi connectivity index (χ0v) is 19.0. The van der Waals surface area contributed by atoms with Gasteiger partial charge in [-0.15, -0.1) is 0 Å². The molecule has 0 bridgehead atoms. The molecular weight excluding hydrogens is 434 g/mol. The van der Waals surface area contributed by atoms with Gasteiger partial charge in [-0.1, -0.05) is 11.3 Å². The van der Waals surface area contributed by atoms with Gasteiger partial charge in [-0.25, -0.2) is 4.98 Å². The van der Waals surface area contributed by atoms with Crippen LogP contribution in [0, 0.1) is 0 Å². The van der Waals surface area contributed by atoms with Crippen molar-refractivity contribution in [3.63, 3.8) is 0 Å². The maximum Gasteiger partial charge on any atom is 0.273 e. The molecule has 0 unspecified atom stereocenters. The number of benzene rings is 1. The minimum Gasteiger partial charge on any atom is -0.493 e. The summed E-state index contributed by atoms with van der Waals surface area (Å²) in [7, 11) is 4.50. The Kier molecular flexibility index (Phi) is 6.45. The van der Waals surface area contributed by atoms with Gasteiger partial charge in [0.05, 0.1) is 21.3 Å². The van der Waals surface area contributed by atoms with Gasteiger partial charge < -0.3 is 24.4 Å². The molecular formula is C21H25N5O5S. The topological polar surface area (TPSA) is 108 Å². The fraction of sp³-hybridized carbons (Fsp3) is 0.429. The molecule has 1 amide bonds. The number of aromatic nitrogens is 3. The number of nitrogens with one attached hydrogen (secondary N) is 1. The third-order valence-corrected chi connectivity index (χ3v) is 6.35. The Morgan fingerprint density at radius 3 is 2.41 bits per heavy atom. The number of methoxy groups -OCH3 is 3. The SMILES string of the molecule is COc1cc(NC(=O)Cn2cnc3nc(N4CCCCC4)sc3c2=O)cc(OC)c1OC. The molecule has 170 valence electrons. The molecule has 3 heterocycles. The Balaban J connectivity index is 1.54. The second-order valence-electron chi connectivity index (χ2n) is 7.34. The van der Waals surface area contributed by atoms with E-state index in [0.29, 0.717) is 33.3 Å². The monoisotopic (exact) mass is 459 g/mol. The second-order valence-corrected chi connectivity index (χ2v) is 8.31. The summed E-state index contributed by atoms with van der Waals surface area (Å²) in [5.41, 5.74) is 0.592. The van der Waals surface area contributed by atoms with Gasteiger partial charge in [0.2, 0.25) is 11.7 Å². The number of rotatable bonds is 7. The number of fused-ring (bicyclic) bond motifs is 1. The summed E-state index contributed by atoms with van der Waals surface area (Å²) in [5.74, 6) is 0.867. The molecule has 32 heavy (non-hydrogen) atoms. The van der Waals surface area contributed by atoms with Gasteiger partial charge >= 0.3 is 0 Å². The standard InChI is InChI=1S/C21H25N5O5S/c1-29-14-9-13(10-15(30-2)17(14)31-3)23-16(27)11-26-12-22-19-18(20(26)28)32-21(24-19)25-7-5-4-6-8-25/h9-10,12H,4-8,11H2,1-3H3,(H,23,27). The minimum absolute atomic E-state index is 0.185. The van der Waals surface area contributed by atoms with E-state index in [1.807, 2.05) is 0 Å². The summed E-state index contributed by atoms with van der Waals surface area (Å²) in [6, 6.07) is 3.25. The van der Waals surface area contributed by atoms with Gasteiger partial charge in [0.15, 0.2) is 22.3 Å². The van der Waals surface area contributed by atoms with Crippen molar-refractivity contribution < 1.29 is 19.0 Å². The Morgan fingerprint density at radius 2 is 1.78 bits per heavy atom. The molecule has 1 fully saturated rings. The number of hydrogen-bond donors (Lipinski definition) is 1. The predicted octanol–water partition coefficient (Wildman–Crippen LogP) is 2.51. The lowest BCUT2D eigenvalue weighted by Gasteiger charge is -2.25. The number of amides is 1. The van der Waals surface area contributed by atoms with Crippen LogP contribution < -0.4 is 30.0 Å². The number of carbonyl (C=O) groups is 1. The summed E-state index contributed by atoms with van der Waals surface area (Å²) in [4.78, 5) is 36.6. The zero-order chi connectivity index (χ0) is 22.7. The van der Waals surface area contributed by atoms with Crippen LogP contribution in [0.4, 0.5) is 10.8 Å². The Labute approximate surface area is 188 Å². The van der Waals surface area contributed by atoms with Gasteiger partial charge in [0, 0.05) is 30.9 Å². The third-order valence-electron chi connectivity index (χ3n) is 5.26. The molecule has 0 atom stereocenters. The van der Waals surface area contributed by atoms with Crippen LogP contribution in [0.1, 0.15) is 19.3 Å². The van der Waals surface area contributed by atoms with Crippen LogP contribution in [0.15, 0.2) is 23.3 Å². The molecule has 1 saturated heterocycles. The first kappa shape index (κ1) is 21.9. The van der Waals surface area contributed by atoms with Crippen molar-refractivity contribution >= 4 is 38.4 Å². The van der Waals surface area contributed by atoms with E-state index in [-0.39, 0.29) is 18.0 Å². The molecule has 4 rings (SSSR count). The fourth-order valence-electron chi connectivity index (χ4n) is 3.68. The Morgan fingerprint density at radius 1 is 1.09 bits per heavy atom. The first-order valence-corrected chi connectivity index (χ1v) is 11.1. The minimum atomic E-state index is -0.386. The molecule has 1 N–H and O–H groups in total. The van der Waals surface area contributed by atoms with Gasteiger partial charge in [-0.05, 0) is 19.3 Å². The number of hydrogen-bond acceptors (Lipinski definition) is 9. The van der Waals surface area contributed by atoms with Crippen LogP contribution >= 0.6 is 11.3 Å². The highest BCUT2D eigenvalue weighted by Crippen LogP contribution is 2.39. The van der Waals surface area contributed by atoms with Crippen LogP contribution in [-0.2, 0) is 11.3 Å². The summed E-state index contributed by atoms with van der Waals surface area (Å²) >= 11 is 1.33. The molecule has 10 nitrogen and oxygen atoms in total. The van der Waals surface area contributed by atoms with Gasteiger partial charge in [0.25, 0.3) is 5.56 Å². The van der Waals surface area contributed by atoms with Crippen LogP contribution in [0.5, 0.6) is 17.2 Å². The molecule has 0 aliphatic carbocycles. The van der Waals surface area contributed by atoms with E-state index in [0.717, 1.165) is 31.1 Å². The van der Waals surface area contributed by atoms with E-state index in [1.54, 1.807) is 12.1 Å². The van der Waals surface area contributed by atoms with Crippen molar-refractivity contribution in [3.05, 3.63) is 28.8 Å². The molecule has 11 heteroatoms. The molecule has 1 aromatic carbocycles. The highest BCUT2D eigenvalue weighted by atomic mass is 32.1. The zero-order valence-electron chi connectivity index (χ0n) is 18.2. The van der Waals surface area contributed by atoms with Crippen molar-refractivity contribution in [3.8, 4) is 17.2 Å². The summed E-state index contributed by atoms with van der Waals surface area (Å²) < 4.78 is 17.6. The van der Waals surface area contributed by atoms with Crippen molar-refractivity contribution in [1.29, 1.82) is 0 Å². The fourth-order valence-corrected chi connectivity index (χ4v) is 4.70. The first-order chi connectivity index (χ1) is 15.5. The van der Waals surface area contributed by atoms with Gasteiger partial charge in [-0.2, -0.15) is 4.98 Å². The maximum atomic E-state index is 12.9. The molecule has 3 aromatic rings. The van der Waals surface area contributed by atoms with Crippen molar-refractivity contribution in [1.82, 2.24) is 14.5 Å². The lowest BCUT2D eigenvalue weighted by Crippen LogP contribution is -2.29. The average Bonchev–Trinajstić information content (AvgIpc) is 3.26. The third kappa shape index (κ3) is 4.33. The molecule has 0 saturated carbocycles. The van der Waals surface area contributed by atoms with E-state index in [9.17, 15) is 9.59 Å². The van der Waals surface area contributed by atoms with Crippen molar-refractivity contribution in [2.45, 2.75) is 25.8 Å². The van der Waals surface area contributed by atoms with Gasteiger partial charge in [-0.3, -0.25) is 14.2 Å². The second kappa shape index (κ2) is 9.43. The van der Waals surface area contributed by atoms with Gasteiger partial charge in [0.1, 0.15) is 17.6 Å². The quantitative estimate of drug-likeness (QED) is 0.574.